The van der Waals surface area contributed by atoms with Gasteiger partial charge in [0, 0.05) is 29.9 Å². The van der Waals surface area contributed by atoms with Crippen LogP contribution in [0.1, 0.15) is 37.1 Å². The second-order valence-electron chi connectivity index (χ2n) is 6.21. The van der Waals surface area contributed by atoms with Gasteiger partial charge in [-0.1, -0.05) is 30.7 Å². The van der Waals surface area contributed by atoms with Crippen LogP contribution in [0.3, 0.4) is 0 Å². The molecule has 1 aromatic heterocycles. The number of nitrogens with zero attached hydrogens (tertiary/aromatic N) is 3. The molecule has 0 spiro atoms. The highest BCUT2D eigenvalue weighted by molar-refractivity contribution is 6.30. The van der Waals surface area contributed by atoms with E-state index < -0.39 is 0 Å². The summed E-state index contributed by atoms with van der Waals surface area (Å²) in [6.07, 6.45) is 4.14. The fourth-order valence-corrected chi connectivity index (χ4v) is 3.41. The zero-order chi connectivity index (χ0) is 16.2. The van der Waals surface area contributed by atoms with Crippen LogP contribution in [0.15, 0.2) is 30.6 Å². The quantitative estimate of drug-likeness (QED) is 0.936. The Kier molecular flexibility index (Phi) is 4.96. The number of hydrogen-bond acceptors (Lipinski definition) is 3. The number of benzene rings is 1. The maximum absolute atomic E-state index is 12.6. The second-order valence-corrected chi connectivity index (χ2v) is 6.64. The van der Waals surface area contributed by atoms with Crippen molar-refractivity contribution < 1.29 is 4.79 Å². The van der Waals surface area contributed by atoms with Gasteiger partial charge in [0.25, 0.3) is 0 Å². The Bertz CT molecular complexity index is 650. The van der Waals surface area contributed by atoms with Gasteiger partial charge in [-0.2, -0.15) is 5.10 Å². The molecule has 3 rings (SSSR count). The smallest absolute Gasteiger partial charge is 0.225 e. The van der Waals surface area contributed by atoms with E-state index in [1.807, 2.05) is 36.1 Å². The molecule has 0 radical (unpaired) electrons. The standard InChI is InChI=1S/C17H21ClN4O/c1-12(9-13-3-2-4-15(18)10-13)17(23)22-7-5-14(6-8-22)16-19-11-20-21-16/h2-4,10-12,14H,5-9H2,1H3,(H,19,20,21)/t12-/m0/s1. The van der Waals surface area contributed by atoms with E-state index in [-0.39, 0.29) is 11.8 Å². The van der Waals surface area contributed by atoms with E-state index in [9.17, 15) is 4.79 Å². The summed E-state index contributed by atoms with van der Waals surface area (Å²) in [6, 6.07) is 7.73. The van der Waals surface area contributed by atoms with Gasteiger partial charge in [-0.15, -0.1) is 0 Å². The van der Waals surface area contributed by atoms with Gasteiger partial charge in [0.15, 0.2) is 0 Å². The van der Waals surface area contributed by atoms with E-state index in [4.69, 9.17) is 11.6 Å². The Morgan fingerprint density at radius 2 is 2.22 bits per heavy atom. The van der Waals surface area contributed by atoms with Crippen LogP contribution in [-0.2, 0) is 11.2 Å². The number of likely N-dealkylation sites (tertiary alicyclic amines) is 1. The number of nitrogens with one attached hydrogen (secondary N) is 1. The maximum Gasteiger partial charge on any atom is 0.225 e. The number of carbonyl (C=O) groups excluding carboxylic acids is 1. The number of piperidine rings is 1. The van der Waals surface area contributed by atoms with Crippen LogP contribution < -0.4 is 0 Å². The molecule has 23 heavy (non-hydrogen) atoms. The zero-order valence-electron chi connectivity index (χ0n) is 13.2. The number of rotatable bonds is 4. The molecule has 1 aliphatic rings. The number of amides is 1. The van der Waals surface area contributed by atoms with Gasteiger partial charge in [-0.3, -0.25) is 9.89 Å². The lowest BCUT2D eigenvalue weighted by Crippen LogP contribution is -2.41. The Balaban J connectivity index is 1.54. The first-order chi connectivity index (χ1) is 11.1. The third-order valence-corrected chi connectivity index (χ3v) is 4.71. The number of halogens is 1. The average molecular weight is 333 g/mol. The Hall–Kier alpha value is -1.88. The summed E-state index contributed by atoms with van der Waals surface area (Å²) >= 11 is 6.01. The van der Waals surface area contributed by atoms with Crippen molar-refractivity contribution in [1.82, 2.24) is 20.1 Å². The van der Waals surface area contributed by atoms with Gasteiger partial charge in [-0.05, 0) is 37.0 Å². The van der Waals surface area contributed by atoms with Gasteiger partial charge in [0.05, 0.1) is 0 Å². The Labute approximate surface area is 141 Å². The molecule has 0 bridgehead atoms. The van der Waals surface area contributed by atoms with Crippen LogP contribution in [0.25, 0.3) is 0 Å². The number of aromatic amines is 1. The molecule has 5 nitrogen and oxygen atoms in total. The van der Waals surface area contributed by atoms with Crippen LogP contribution in [0, 0.1) is 5.92 Å². The summed E-state index contributed by atoms with van der Waals surface area (Å²) in [6.45, 7) is 3.56. The molecule has 1 aliphatic heterocycles. The number of H-pyrrole nitrogens is 1. The molecule has 1 saturated heterocycles. The van der Waals surface area contributed by atoms with Gasteiger partial charge in [-0.25, -0.2) is 4.98 Å². The van der Waals surface area contributed by atoms with Crippen LogP contribution in [0.5, 0.6) is 0 Å². The number of carbonyl (C=O) groups is 1. The molecule has 1 fully saturated rings. The third-order valence-electron chi connectivity index (χ3n) is 4.48. The zero-order valence-corrected chi connectivity index (χ0v) is 14.0. The highest BCUT2D eigenvalue weighted by Crippen LogP contribution is 2.26. The molecule has 1 atom stereocenters. The summed E-state index contributed by atoms with van der Waals surface area (Å²) in [7, 11) is 0. The molecule has 2 heterocycles. The van der Waals surface area contributed by atoms with Gasteiger partial charge >= 0.3 is 0 Å². The molecule has 2 aromatic rings. The highest BCUT2D eigenvalue weighted by Gasteiger charge is 2.27. The topological polar surface area (TPSA) is 61.9 Å². The van der Waals surface area contributed by atoms with E-state index in [1.165, 1.54) is 0 Å². The molecule has 1 N–H and O–H groups in total. The Morgan fingerprint density at radius 3 is 2.87 bits per heavy atom. The lowest BCUT2D eigenvalue weighted by atomic mass is 9.94. The minimum absolute atomic E-state index is 0.0321. The van der Waals surface area contributed by atoms with Crippen molar-refractivity contribution in [2.45, 2.75) is 32.1 Å². The summed E-state index contributed by atoms with van der Waals surface area (Å²) in [5, 5.41) is 7.56. The van der Waals surface area contributed by atoms with Crippen LogP contribution in [0.2, 0.25) is 5.02 Å². The van der Waals surface area contributed by atoms with Crippen molar-refractivity contribution >= 4 is 17.5 Å². The minimum Gasteiger partial charge on any atom is -0.342 e. The summed E-state index contributed by atoms with van der Waals surface area (Å²) in [5.74, 6) is 1.50. The lowest BCUT2D eigenvalue weighted by molar-refractivity contribution is -0.136. The lowest BCUT2D eigenvalue weighted by Gasteiger charge is -2.32. The molecule has 1 aromatic carbocycles. The molecule has 1 amide bonds. The predicted octanol–water partition coefficient (Wildman–Crippen LogP) is 3.04. The van der Waals surface area contributed by atoms with Crippen molar-refractivity contribution in [3.63, 3.8) is 0 Å². The summed E-state index contributed by atoms with van der Waals surface area (Å²) in [4.78, 5) is 18.8. The van der Waals surface area contributed by atoms with Crippen LogP contribution in [-0.4, -0.2) is 39.1 Å². The SMILES string of the molecule is C[C@@H](Cc1cccc(Cl)c1)C(=O)N1CCC(c2ncn[nH]2)CC1. The molecule has 0 aliphatic carbocycles. The maximum atomic E-state index is 12.6. The third kappa shape index (κ3) is 3.91. The van der Waals surface area contributed by atoms with Crippen molar-refractivity contribution in [2.24, 2.45) is 5.92 Å². The predicted molar refractivity (Wildman–Crippen MR) is 89.3 cm³/mol. The van der Waals surface area contributed by atoms with Crippen LogP contribution >= 0.6 is 11.6 Å². The Morgan fingerprint density at radius 1 is 1.43 bits per heavy atom. The molecule has 0 unspecified atom stereocenters. The highest BCUT2D eigenvalue weighted by atomic mass is 35.5. The first-order valence-electron chi connectivity index (χ1n) is 8.02. The second kappa shape index (κ2) is 7.13. The van der Waals surface area contributed by atoms with Gasteiger partial charge < -0.3 is 4.90 Å². The van der Waals surface area contributed by atoms with Crippen molar-refractivity contribution in [1.29, 1.82) is 0 Å². The summed E-state index contributed by atoms with van der Waals surface area (Å²) in [5.41, 5.74) is 1.11. The monoisotopic (exact) mass is 332 g/mol. The molecular weight excluding hydrogens is 312 g/mol. The fourth-order valence-electron chi connectivity index (χ4n) is 3.20. The largest absolute Gasteiger partial charge is 0.342 e. The number of hydrogen-bond donors (Lipinski definition) is 1. The van der Waals surface area contributed by atoms with E-state index in [0.717, 1.165) is 48.8 Å². The average Bonchev–Trinajstić information content (AvgIpc) is 3.09. The fraction of sp³-hybridized carbons (Fsp3) is 0.471. The van der Waals surface area contributed by atoms with E-state index >= 15 is 0 Å². The van der Waals surface area contributed by atoms with E-state index in [0.29, 0.717) is 5.92 Å². The first-order valence-corrected chi connectivity index (χ1v) is 8.40. The molecular formula is C17H21ClN4O. The van der Waals surface area contributed by atoms with Crippen molar-refractivity contribution in [2.75, 3.05) is 13.1 Å². The van der Waals surface area contributed by atoms with E-state index in [1.54, 1.807) is 6.33 Å². The van der Waals surface area contributed by atoms with Crippen molar-refractivity contribution in [3.8, 4) is 0 Å². The first kappa shape index (κ1) is 16.0. The van der Waals surface area contributed by atoms with Gasteiger partial charge in [0.2, 0.25) is 5.91 Å². The van der Waals surface area contributed by atoms with E-state index in [2.05, 4.69) is 15.2 Å². The molecule has 0 saturated carbocycles. The minimum atomic E-state index is -0.0321. The normalized spacial score (nSPS) is 17.2. The summed E-state index contributed by atoms with van der Waals surface area (Å²) < 4.78 is 0. The van der Waals surface area contributed by atoms with Crippen molar-refractivity contribution in [3.05, 3.63) is 47.0 Å². The van der Waals surface area contributed by atoms with Gasteiger partial charge in [0.1, 0.15) is 12.2 Å². The molecule has 6 heteroatoms. The molecule has 122 valence electrons. The number of aromatic nitrogens is 3. The van der Waals surface area contributed by atoms with Crippen LogP contribution in [0.4, 0.5) is 0 Å².